The molecule has 3 nitrogen and oxygen atoms in total. The second-order valence-electron chi connectivity index (χ2n) is 3.79. The molecule has 0 aliphatic rings. The largest absolute Gasteiger partial charge is 0.431 e. The Balaban J connectivity index is 2.46. The third kappa shape index (κ3) is 2.97. The lowest BCUT2D eigenvalue weighted by Crippen LogP contribution is -2.04. The van der Waals surface area contributed by atoms with Crippen molar-refractivity contribution in [3.8, 4) is 0 Å². The Morgan fingerprint density at radius 3 is 2.44 bits per heavy atom. The van der Waals surface area contributed by atoms with E-state index in [0.717, 1.165) is 6.07 Å². The van der Waals surface area contributed by atoms with E-state index in [0.29, 0.717) is 10.9 Å². The van der Waals surface area contributed by atoms with Crippen molar-refractivity contribution < 1.29 is 21.6 Å². The molecule has 0 aliphatic carbocycles. The number of hydrogen-bond acceptors (Lipinski definition) is 2. The summed E-state index contributed by atoms with van der Waals surface area (Å²) in [5, 5.41) is 0.292. The van der Waals surface area contributed by atoms with Crippen LogP contribution in [0.3, 0.4) is 0 Å². The summed E-state index contributed by atoms with van der Waals surface area (Å²) in [6.45, 7) is 0. The van der Waals surface area contributed by atoms with Crippen LogP contribution >= 0.6 is 10.7 Å². The van der Waals surface area contributed by atoms with Crippen LogP contribution in [-0.4, -0.2) is 13.4 Å². The number of rotatable bonds is 2. The van der Waals surface area contributed by atoms with Gasteiger partial charge in [0.25, 0.3) is 0 Å². The third-order valence-corrected chi connectivity index (χ3v) is 3.34. The van der Waals surface area contributed by atoms with Crippen molar-refractivity contribution in [1.82, 2.24) is 4.98 Å². The van der Waals surface area contributed by atoms with Gasteiger partial charge in [0.05, 0.1) is 5.75 Å². The van der Waals surface area contributed by atoms with Crippen molar-refractivity contribution in [2.45, 2.75) is 11.9 Å². The summed E-state index contributed by atoms with van der Waals surface area (Å²) in [4.78, 5) is 2.22. The number of hydrogen-bond donors (Lipinski definition) is 1. The van der Waals surface area contributed by atoms with Crippen LogP contribution in [0.5, 0.6) is 0 Å². The van der Waals surface area contributed by atoms with Gasteiger partial charge in [0, 0.05) is 21.6 Å². The first-order chi connectivity index (χ1) is 8.15. The highest BCUT2D eigenvalue weighted by Gasteiger charge is 2.32. The van der Waals surface area contributed by atoms with E-state index in [9.17, 15) is 21.6 Å². The summed E-state index contributed by atoms with van der Waals surface area (Å²) in [5.41, 5.74) is -0.244. The molecule has 0 amide bonds. The molecule has 1 aromatic carbocycles. The number of H-pyrrole nitrogens is 1. The number of aromatic amines is 1. The topological polar surface area (TPSA) is 49.9 Å². The maximum absolute atomic E-state index is 12.4. The van der Waals surface area contributed by atoms with Crippen molar-refractivity contribution in [2.24, 2.45) is 0 Å². The van der Waals surface area contributed by atoms with E-state index >= 15 is 0 Å². The minimum Gasteiger partial charge on any atom is -0.351 e. The lowest BCUT2D eigenvalue weighted by molar-refractivity contribution is -0.140. The second-order valence-corrected chi connectivity index (χ2v) is 6.56. The average Bonchev–Trinajstić information content (AvgIpc) is 2.57. The molecule has 2 aromatic rings. The number of benzene rings is 1. The van der Waals surface area contributed by atoms with Gasteiger partial charge in [0.2, 0.25) is 9.05 Å². The van der Waals surface area contributed by atoms with E-state index < -0.39 is 26.7 Å². The van der Waals surface area contributed by atoms with E-state index in [2.05, 4.69) is 4.98 Å². The normalized spacial score (nSPS) is 13.1. The van der Waals surface area contributed by atoms with Gasteiger partial charge in [0.1, 0.15) is 5.69 Å². The Morgan fingerprint density at radius 2 is 1.89 bits per heavy atom. The Morgan fingerprint density at radius 1 is 1.22 bits per heavy atom. The maximum Gasteiger partial charge on any atom is 0.431 e. The van der Waals surface area contributed by atoms with Gasteiger partial charge < -0.3 is 4.98 Å². The van der Waals surface area contributed by atoms with Crippen LogP contribution in [0.15, 0.2) is 24.3 Å². The van der Waals surface area contributed by atoms with Gasteiger partial charge >= 0.3 is 6.18 Å². The first-order valence-electron chi connectivity index (χ1n) is 4.76. The highest BCUT2D eigenvalue weighted by atomic mass is 35.7. The van der Waals surface area contributed by atoms with Crippen molar-refractivity contribution >= 4 is 30.6 Å². The van der Waals surface area contributed by atoms with Crippen molar-refractivity contribution in [3.05, 3.63) is 35.5 Å². The SMILES string of the molecule is O=S(=O)(Cl)Cc1ccc2[nH]c(C(F)(F)F)cc2c1. The summed E-state index contributed by atoms with van der Waals surface area (Å²) >= 11 is 0. The molecule has 1 N–H and O–H groups in total. The molecule has 1 heterocycles. The second kappa shape index (κ2) is 4.17. The highest BCUT2D eigenvalue weighted by Crippen LogP contribution is 2.31. The van der Waals surface area contributed by atoms with Crippen LogP contribution in [-0.2, 0) is 21.0 Å². The van der Waals surface area contributed by atoms with Gasteiger partial charge in [-0.2, -0.15) is 13.2 Å². The first kappa shape index (κ1) is 13.2. The lowest BCUT2D eigenvalue weighted by Gasteiger charge is -2.00. The molecule has 0 saturated carbocycles. The number of halogens is 4. The molecule has 0 atom stereocenters. The van der Waals surface area contributed by atoms with Crippen LogP contribution in [0.1, 0.15) is 11.3 Å². The molecule has 98 valence electrons. The molecule has 0 aliphatic heterocycles. The predicted octanol–water partition coefficient (Wildman–Crippen LogP) is 3.26. The van der Waals surface area contributed by atoms with E-state index in [1.54, 1.807) is 0 Å². The maximum atomic E-state index is 12.4. The first-order valence-corrected chi connectivity index (χ1v) is 7.24. The molecule has 0 saturated heterocycles. The molecule has 0 spiro atoms. The van der Waals surface area contributed by atoms with E-state index in [1.807, 2.05) is 0 Å². The quantitative estimate of drug-likeness (QED) is 0.865. The molecule has 8 heteroatoms. The number of alkyl halides is 3. The Labute approximate surface area is 105 Å². The van der Waals surface area contributed by atoms with Crippen molar-refractivity contribution in [3.63, 3.8) is 0 Å². The zero-order valence-electron chi connectivity index (χ0n) is 8.75. The highest BCUT2D eigenvalue weighted by molar-refractivity contribution is 8.13. The predicted molar refractivity (Wildman–Crippen MR) is 61.8 cm³/mol. The summed E-state index contributed by atoms with van der Waals surface area (Å²) in [5.74, 6) is -0.420. The molecular weight excluding hydrogens is 291 g/mol. The standard InChI is InChI=1S/C10H7ClF3NO2S/c11-18(16,17)5-6-1-2-8-7(3-6)4-9(15-8)10(12,13)14/h1-4,15H,5H2. The summed E-state index contributed by atoms with van der Waals surface area (Å²) in [7, 11) is 1.35. The fraction of sp³-hybridized carbons (Fsp3) is 0.200. The Kier molecular flexibility index (Phi) is 3.06. The molecule has 2 rings (SSSR count). The Bertz CT molecular complexity index is 691. The molecular formula is C10H7ClF3NO2S. The Hall–Kier alpha value is -1.21. The van der Waals surface area contributed by atoms with Gasteiger partial charge in [-0.25, -0.2) is 8.42 Å². The molecule has 1 aromatic heterocycles. The fourth-order valence-electron chi connectivity index (χ4n) is 1.62. The lowest BCUT2D eigenvalue weighted by atomic mass is 10.2. The van der Waals surface area contributed by atoms with E-state index in [-0.39, 0.29) is 5.52 Å². The van der Waals surface area contributed by atoms with Gasteiger partial charge in [-0.05, 0) is 23.8 Å². The van der Waals surface area contributed by atoms with Gasteiger partial charge in [-0.3, -0.25) is 0 Å². The zero-order chi connectivity index (χ0) is 13.6. The monoisotopic (exact) mass is 297 g/mol. The summed E-state index contributed by atoms with van der Waals surface area (Å²) in [6.07, 6.45) is -4.46. The molecule has 0 bridgehead atoms. The number of nitrogens with one attached hydrogen (secondary N) is 1. The van der Waals surface area contributed by atoms with Crippen LogP contribution in [0, 0.1) is 0 Å². The van der Waals surface area contributed by atoms with Crippen LogP contribution < -0.4 is 0 Å². The molecule has 0 unspecified atom stereocenters. The van der Waals surface area contributed by atoms with Crippen molar-refractivity contribution in [1.29, 1.82) is 0 Å². The average molecular weight is 298 g/mol. The van der Waals surface area contributed by atoms with Gasteiger partial charge in [-0.15, -0.1) is 0 Å². The fourth-order valence-corrected chi connectivity index (χ4v) is 2.58. The molecule has 0 radical (unpaired) electrons. The smallest absolute Gasteiger partial charge is 0.351 e. The van der Waals surface area contributed by atoms with E-state index in [1.165, 1.54) is 18.2 Å². The van der Waals surface area contributed by atoms with Crippen LogP contribution in [0.4, 0.5) is 13.2 Å². The third-order valence-electron chi connectivity index (χ3n) is 2.33. The minimum absolute atomic E-state index is 0.290. The molecule has 0 fully saturated rings. The van der Waals surface area contributed by atoms with E-state index in [4.69, 9.17) is 10.7 Å². The number of fused-ring (bicyclic) bond motifs is 1. The van der Waals surface area contributed by atoms with Crippen LogP contribution in [0.2, 0.25) is 0 Å². The van der Waals surface area contributed by atoms with Crippen LogP contribution in [0.25, 0.3) is 10.9 Å². The van der Waals surface area contributed by atoms with Gasteiger partial charge in [-0.1, -0.05) is 6.07 Å². The zero-order valence-corrected chi connectivity index (χ0v) is 10.3. The van der Waals surface area contributed by atoms with Crippen molar-refractivity contribution in [2.75, 3.05) is 0 Å². The summed E-state index contributed by atoms with van der Waals surface area (Å²) < 4.78 is 59.1. The minimum atomic E-state index is -4.46. The van der Waals surface area contributed by atoms with Gasteiger partial charge in [0.15, 0.2) is 0 Å². The molecule has 18 heavy (non-hydrogen) atoms. The number of aromatic nitrogens is 1. The summed E-state index contributed by atoms with van der Waals surface area (Å²) in [6, 6.07) is 5.10.